The van der Waals surface area contributed by atoms with Gasteiger partial charge in [-0.3, -0.25) is 38.2 Å². The zero-order valence-electron chi connectivity index (χ0n) is 49.9. The molecule has 0 saturated carbocycles. The van der Waals surface area contributed by atoms with Crippen LogP contribution >= 0.6 is 0 Å². The Morgan fingerprint density at radius 3 is 0.650 bits per heavy atom. The number of anilines is 3. The third-order valence-corrected chi connectivity index (χ3v) is 10.7. The van der Waals surface area contributed by atoms with Crippen molar-refractivity contribution in [3.8, 4) is 0 Å². The Balaban J connectivity index is -0.0000000457. The predicted octanol–water partition coefficient (Wildman–Crippen LogP) is 22.9. The largest absolute Gasteiger partial charge is 0.481 e. The Labute approximate surface area is 545 Å². The second-order valence-electron chi connectivity index (χ2n) is 15.2. The van der Waals surface area contributed by atoms with E-state index in [4.69, 9.17) is 213 Å². The van der Waals surface area contributed by atoms with Gasteiger partial charge >= 0.3 is 17.9 Å². The first-order valence-electron chi connectivity index (χ1n) is 22.3. The van der Waals surface area contributed by atoms with E-state index in [1.165, 1.54) is 20.3 Å². The molecular weight excluding hydrogens is 1590 g/mol. The van der Waals surface area contributed by atoms with E-state index in [9.17, 15) is 33.9 Å². The number of hydrogen-bond acceptors (Lipinski definition) is 8. The highest BCUT2D eigenvalue weighted by Crippen LogP contribution is 2.30. The van der Waals surface area contributed by atoms with Crippen LogP contribution < -0.4 is 20.4 Å². The molecule has 4 aromatic carbocycles. The minimum Gasteiger partial charge on any atom is -0.481 e. The topological polar surface area (TPSA) is 219 Å². The highest BCUT2D eigenvalue weighted by molar-refractivity contribution is 6.00. The van der Waals surface area contributed by atoms with Gasteiger partial charge in [0.1, 0.15) is 0 Å². The Kier molecular flexibility index (Phi) is 172. The Morgan fingerprint density at radius 1 is 0.320 bits per heavy atom. The summed E-state index contributed by atoms with van der Waals surface area (Å²) >= 11 is 0. The number of amides is 3. The van der Waals surface area contributed by atoms with Gasteiger partial charge in [-0.2, -0.15) is 0 Å². The lowest BCUT2D eigenvalue weighted by Crippen LogP contribution is -2.25. The fraction of sp³-hybridized carbons (Fsp3) is 0.333. The van der Waals surface area contributed by atoms with Gasteiger partial charge in [-0.1, -0.05) is 77.4 Å². The van der Waals surface area contributed by atoms with Crippen molar-refractivity contribution < 1.29 is 251 Å². The van der Waals surface area contributed by atoms with Gasteiger partial charge in [0.25, 0.3) is 0 Å². The van der Waals surface area contributed by atoms with Crippen molar-refractivity contribution >= 4 is 52.7 Å². The third kappa shape index (κ3) is 70.8. The molecule has 0 bridgehead atoms. The van der Waals surface area contributed by atoms with Crippen LogP contribution in [-0.2, 0) is 35.2 Å². The van der Waals surface area contributed by atoms with Crippen molar-refractivity contribution in [2.45, 2.75) is 58.6 Å². The number of halogens is 44. The van der Waals surface area contributed by atoms with E-state index in [0.717, 1.165) is 39.3 Å². The summed E-state index contributed by atoms with van der Waals surface area (Å²) in [5, 5.41) is 36.0. The van der Waals surface area contributed by atoms with Crippen molar-refractivity contribution in [3.05, 3.63) is 125 Å². The highest BCUT2D eigenvalue weighted by Gasteiger charge is 2.37. The first-order chi connectivity index (χ1) is 49.0. The molecule has 4 aromatic rings. The quantitative estimate of drug-likeness (QED) is 0.114. The molecule has 0 spiro atoms. The molecule has 4 aliphatic rings. The molecule has 0 radical (unpaired) electrons. The SMILES string of the molecule is Cc1ccc(N2CC(C(=O)O)CC2=O)cc1.Cc1ccc(N2C[C@@H](C(=O)O)CC2=O)cc1.Cc1ccc(N2C[C@@H](C(=O)O)CC2=O)cc1.F.F.FF.FF.FF.FF.FF.FF.FF.FF.FF.FF.FF.FF.FF.FF.FF.FF.FF.FF.FF.FF.FF.N[C@@H]1c2ccccc2C[C@H]1O. The molecule has 103 heavy (non-hydrogen) atoms. The Morgan fingerprint density at radius 2 is 0.495 bits per heavy atom. The number of fused-ring (bicyclic) bond motifs is 1. The number of nitrogens with zero attached hydrogens (tertiary/aromatic N) is 3. The van der Waals surface area contributed by atoms with Gasteiger partial charge < -0.3 is 40.9 Å². The number of carboxylic acid groups (broad SMARTS) is 3. The van der Waals surface area contributed by atoms with Crippen molar-refractivity contribution in [2.75, 3.05) is 34.3 Å². The molecule has 3 saturated heterocycles. The molecule has 8 rings (SSSR count). The minimum atomic E-state index is -0.900. The molecule has 0 aromatic heterocycles. The van der Waals surface area contributed by atoms with Gasteiger partial charge in [0.05, 0.1) is 29.9 Å². The van der Waals surface area contributed by atoms with Crippen molar-refractivity contribution in [2.24, 2.45) is 23.5 Å². The molecule has 3 fully saturated rings. The molecule has 1 aliphatic carbocycles. The molecule has 3 amide bonds. The molecule has 5 atom stereocenters. The summed E-state index contributed by atoms with van der Waals surface area (Å²) in [5.74, 6) is -4.77. The van der Waals surface area contributed by atoms with Gasteiger partial charge in [0.2, 0.25) is 17.7 Å². The molecule has 620 valence electrons. The average Bonchev–Trinajstić information content (AvgIpc) is 1.73. The van der Waals surface area contributed by atoms with Gasteiger partial charge in [-0.05, 0) is 68.3 Å². The summed E-state index contributed by atoms with van der Waals surface area (Å²) in [4.78, 5) is 71.9. The molecular formula is C45H52F44N4O10. The van der Waals surface area contributed by atoms with Crippen LogP contribution in [0.4, 0.5) is 219 Å². The van der Waals surface area contributed by atoms with E-state index < -0.39 is 35.7 Å². The van der Waals surface area contributed by atoms with Crippen LogP contribution in [-0.4, -0.2) is 81.8 Å². The number of hydrogen-bond donors (Lipinski definition) is 5. The smallest absolute Gasteiger partial charge is 0.308 e. The maximum atomic E-state index is 11.6. The first kappa shape index (κ1) is 144. The fourth-order valence-electron chi connectivity index (χ4n) is 7.15. The van der Waals surface area contributed by atoms with E-state index in [1.54, 1.807) is 0 Å². The van der Waals surface area contributed by atoms with E-state index in [0.29, 0.717) is 6.42 Å². The fourth-order valence-corrected chi connectivity index (χ4v) is 7.15. The number of aliphatic carboxylic acids is 3. The summed E-state index contributed by atoms with van der Waals surface area (Å²) in [6.45, 7) is 6.73. The van der Waals surface area contributed by atoms with Crippen LogP contribution in [0.2, 0.25) is 0 Å². The molecule has 58 heteroatoms. The number of benzene rings is 4. The van der Waals surface area contributed by atoms with Gasteiger partial charge in [0, 0.05) is 254 Å². The lowest BCUT2D eigenvalue weighted by Gasteiger charge is -2.16. The van der Waals surface area contributed by atoms with Gasteiger partial charge in [0.15, 0.2) is 0 Å². The van der Waals surface area contributed by atoms with E-state index in [2.05, 4.69) is 0 Å². The summed E-state index contributed by atoms with van der Waals surface area (Å²) in [7, 11) is 0. The van der Waals surface area contributed by atoms with Crippen LogP contribution in [0.15, 0.2) is 97.1 Å². The summed E-state index contributed by atoms with van der Waals surface area (Å²) in [6, 6.07) is 30.3. The first-order valence-corrected chi connectivity index (χ1v) is 22.3. The summed E-state index contributed by atoms with van der Waals surface area (Å²) in [5.41, 5.74) is 13.7. The summed E-state index contributed by atoms with van der Waals surface area (Å²) in [6.07, 6.45) is 0.625. The zero-order chi connectivity index (χ0) is 85.0. The molecule has 1 unspecified atom stereocenters. The third-order valence-electron chi connectivity index (χ3n) is 10.7. The molecule has 3 heterocycles. The number of carboxylic acids is 3. The number of aryl methyl sites for hydroxylation is 3. The number of aliphatic hydroxyl groups is 1. The summed E-state index contributed by atoms with van der Waals surface area (Å²) < 4.78 is 336. The van der Waals surface area contributed by atoms with Crippen LogP contribution in [0.25, 0.3) is 0 Å². The van der Waals surface area contributed by atoms with Gasteiger partial charge in [-0.15, -0.1) is 0 Å². The molecule has 3 aliphatic heterocycles. The Hall–Kier alpha value is -9.46. The second kappa shape index (κ2) is 123. The van der Waals surface area contributed by atoms with Crippen molar-refractivity contribution in [1.82, 2.24) is 0 Å². The van der Waals surface area contributed by atoms with Crippen LogP contribution in [0.3, 0.4) is 0 Å². The second-order valence-corrected chi connectivity index (χ2v) is 15.2. The zero-order valence-corrected chi connectivity index (χ0v) is 49.9. The monoisotopic (exact) mass is 1640 g/mol. The lowest BCUT2D eigenvalue weighted by atomic mass is 10.1. The van der Waals surface area contributed by atoms with Crippen LogP contribution in [0.5, 0.6) is 0 Å². The van der Waals surface area contributed by atoms with Crippen molar-refractivity contribution in [3.63, 3.8) is 0 Å². The number of rotatable bonds is 6. The highest BCUT2D eigenvalue weighted by atomic mass is 20.0. The number of carbonyl (C=O) groups is 6. The number of nitrogens with two attached hydrogens (primary N) is 1. The van der Waals surface area contributed by atoms with Crippen molar-refractivity contribution in [1.29, 1.82) is 0 Å². The predicted molar refractivity (Wildman–Crippen MR) is 272 cm³/mol. The van der Waals surface area contributed by atoms with E-state index in [-0.39, 0.29) is 78.2 Å². The molecule has 6 N–H and O–H groups in total. The van der Waals surface area contributed by atoms with E-state index in [1.807, 2.05) is 118 Å². The van der Waals surface area contributed by atoms with Gasteiger partial charge in [-0.25, -0.2) is 0 Å². The maximum absolute atomic E-state index is 11.6. The van der Waals surface area contributed by atoms with Crippen LogP contribution in [0, 0.1) is 38.5 Å². The molecule has 14 nitrogen and oxygen atoms in total. The Bertz CT molecular complexity index is 2060. The van der Waals surface area contributed by atoms with E-state index >= 15 is 0 Å². The number of carbonyl (C=O) groups excluding carboxylic acids is 3. The van der Waals surface area contributed by atoms with Crippen LogP contribution in [0.1, 0.15) is 53.1 Å². The standard InChI is InChI=1S/3C12H13NO3.C9H11NO.21F2.2FH/c3*1-8-2-4-10(5-3-8)13-7-9(12(15)16)6-11(13)14;10-9-7-4-2-1-3-6(7)5-8(9)11;21*1-2;;/h3*2-5,9H,6-7H2,1H3,(H,15,16);1-4,8-9,11H,5,10H2;;;;;;;;;;;;;;;;;;;;;;2*1H/t2*9-;;8-,9-;;;;;;;;;;;;;;;;;;;;;;;/m00.1......................./s1. The minimum absolute atomic E-state index is 0. The maximum Gasteiger partial charge on any atom is 0.308 e. The average molecular weight is 1640 g/mol. The normalized spacial score (nSPS) is 13.7. The number of aliphatic hydroxyl groups excluding tert-OH is 1. The lowest BCUT2D eigenvalue weighted by molar-refractivity contribution is -0.142.